The lowest BCUT2D eigenvalue weighted by atomic mass is 10.3. The summed E-state index contributed by atoms with van der Waals surface area (Å²) in [5.41, 5.74) is 6.04. The number of benzene rings is 1. The second-order valence-corrected chi connectivity index (χ2v) is 2.71. The van der Waals surface area contributed by atoms with Gasteiger partial charge in [0, 0.05) is 5.69 Å². The lowest BCUT2D eigenvalue weighted by Crippen LogP contribution is -1.93. The van der Waals surface area contributed by atoms with Crippen LogP contribution in [0.2, 0.25) is 0 Å². The number of halogens is 2. The maximum atomic E-state index is 11.7. The highest BCUT2D eigenvalue weighted by atomic mass is 79.9. The summed E-state index contributed by atoms with van der Waals surface area (Å²) in [4.78, 5) is 0. The minimum atomic E-state index is -0.845. The number of hydrogen-bond donors (Lipinski definition) is 1. The average molecular weight is 220 g/mol. The van der Waals surface area contributed by atoms with Crippen molar-refractivity contribution < 1.29 is 9.13 Å². The van der Waals surface area contributed by atoms with Gasteiger partial charge in [-0.3, -0.25) is 0 Å². The van der Waals surface area contributed by atoms with E-state index < -0.39 is 6.86 Å². The molecule has 0 atom stereocenters. The quantitative estimate of drug-likeness (QED) is 0.776. The van der Waals surface area contributed by atoms with E-state index >= 15 is 0 Å². The Labute approximate surface area is 72.3 Å². The summed E-state index contributed by atoms with van der Waals surface area (Å²) in [5, 5.41) is 0. The second kappa shape index (κ2) is 3.57. The van der Waals surface area contributed by atoms with Crippen molar-refractivity contribution >= 4 is 21.6 Å². The van der Waals surface area contributed by atoms with Crippen LogP contribution in [0, 0.1) is 0 Å². The molecular weight excluding hydrogens is 213 g/mol. The molecule has 4 heteroatoms. The molecule has 0 unspecified atom stereocenters. The molecule has 1 aromatic carbocycles. The van der Waals surface area contributed by atoms with Crippen molar-refractivity contribution in [3.63, 3.8) is 0 Å². The molecule has 1 aromatic rings. The number of nitrogens with two attached hydrogens (primary N) is 1. The molecule has 0 heterocycles. The maximum Gasteiger partial charge on any atom is 0.228 e. The van der Waals surface area contributed by atoms with Crippen molar-refractivity contribution in [1.82, 2.24) is 0 Å². The minimum Gasteiger partial charge on any atom is -0.462 e. The summed E-state index contributed by atoms with van der Waals surface area (Å²) in [6, 6.07) is 5.04. The molecule has 0 aliphatic heterocycles. The van der Waals surface area contributed by atoms with Gasteiger partial charge < -0.3 is 10.5 Å². The molecule has 0 aromatic heterocycles. The SMILES string of the molecule is Nc1cccc(OCF)c1Br. The zero-order valence-electron chi connectivity index (χ0n) is 5.68. The van der Waals surface area contributed by atoms with Crippen molar-refractivity contribution in [2.24, 2.45) is 0 Å². The standard InChI is InChI=1S/C7H7BrFNO/c8-7-5(10)2-1-3-6(7)11-4-9/h1-3H,4,10H2. The summed E-state index contributed by atoms with van der Waals surface area (Å²) in [6.45, 7) is -0.845. The van der Waals surface area contributed by atoms with E-state index in [1.807, 2.05) is 0 Å². The van der Waals surface area contributed by atoms with Gasteiger partial charge in [-0.2, -0.15) is 0 Å². The molecule has 0 saturated carbocycles. The van der Waals surface area contributed by atoms with E-state index in [9.17, 15) is 4.39 Å². The van der Waals surface area contributed by atoms with E-state index in [0.29, 0.717) is 15.9 Å². The minimum absolute atomic E-state index is 0.424. The molecule has 0 aliphatic carbocycles. The van der Waals surface area contributed by atoms with Gasteiger partial charge in [0.2, 0.25) is 6.86 Å². The molecule has 0 aliphatic rings. The normalized spacial score (nSPS) is 9.64. The van der Waals surface area contributed by atoms with E-state index in [4.69, 9.17) is 5.73 Å². The van der Waals surface area contributed by atoms with Crippen LogP contribution in [-0.2, 0) is 0 Å². The molecule has 2 N–H and O–H groups in total. The third-order valence-electron chi connectivity index (χ3n) is 1.20. The van der Waals surface area contributed by atoms with Crippen LogP contribution in [0.25, 0.3) is 0 Å². The van der Waals surface area contributed by atoms with Crippen LogP contribution < -0.4 is 10.5 Å². The molecule has 0 bridgehead atoms. The van der Waals surface area contributed by atoms with Crippen molar-refractivity contribution in [2.75, 3.05) is 12.6 Å². The highest BCUT2D eigenvalue weighted by Gasteiger charge is 2.02. The number of ether oxygens (including phenoxy) is 1. The number of hydrogen-bond acceptors (Lipinski definition) is 2. The summed E-state index contributed by atoms with van der Waals surface area (Å²) in [6.07, 6.45) is 0. The van der Waals surface area contributed by atoms with Gasteiger partial charge in [0.25, 0.3) is 0 Å². The fraction of sp³-hybridized carbons (Fsp3) is 0.143. The van der Waals surface area contributed by atoms with Gasteiger partial charge in [0.15, 0.2) is 0 Å². The Morgan fingerprint density at radius 2 is 2.27 bits per heavy atom. The van der Waals surface area contributed by atoms with Gasteiger partial charge in [-0.05, 0) is 28.1 Å². The van der Waals surface area contributed by atoms with Crippen LogP contribution in [0.3, 0.4) is 0 Å². The first-order chi connectivity index (χ1) is 5.25. The number of nitrogen functional groups attached to an aromatic ring is 1. The smallest absolute Gasteiger partial charge is 0.228 e. The predicted octanol–water partition coefficient (Wildman–Crippen LogP) is 2.34. The summed E-state index contributed by atoms with van der Waals surface area (Å²) in [7, 11) is 0. The van der Waals surface area contributed by atoms with Gasteiger partial charge in [0.1, 0.15) is 5.75 Å². The van der Waals surface area contributed by atoms with Gasteiger partial charge in [-0.1, -0.05) is 6.07 Å². The maximum absolute atomic E-state index is 11.7. The Morgan fingerprint density at radius 3 is 2.91 bits per heavy atom. The van der Waals surface area contributed by atoms with Gasteiger partial charge in [-0.15, -0.1) is 0 Å². The van der Waals surface area contributed by atoms with Gasteiger partial charge in [-0.25, -0.2) is 4.39 Å². The Hall–Kier alpha value is -0.770. The molecule has 0 amide bonds. The largest absolute Gasteiger partial charge is 0.462 e. The molecule has 2 nitrogen and oxygen atoms in total. The summed E-state index contributed by atoms with van der Waals surface area (Å²) >= 11 is 3.16. The molecule has 1 rings (SSSR count). The average Bonchev–Trinajstić information content (AvgIpc) is 1.99. The Kier molecular flexibility index (Phi) is 2.70. The van der Waals surface area contributed by atoms with Gasteiger partial charge >= 0.3 is 0 Å². The summed E-state index contributed by atoms with van der Waals surface area (Å²) in [5.74, 6) is 0.424. The van der Waals surface area contributed by atoms with Crippen LogP contribution in [0.4, 0.5) is 10.1 Å². The number of rotatable bonds is 2. The van der Waals surface area contributed by atoms with Gasteiger partial charge in [0.05, 0.1) is 4.47 Å². The number of alkyl halides is 1. The Balaban J connectivity index is 2.96. The van der Waals surface area contributed by atoms with Crippen molar-refractivity contribution in [2.45, 2.75) is 0 Å². The molecule has 0 saturated heterocycles. The lowest BCUT2D eigenvalue weighted by molar-refractivity contribution is 0.191. The monoisotopic (exact) mass is 219 g/mol. The summed E-state index contributed by atoms with van der Waals surface area (Å²) < 4.78 is 16.9. The Morgan fingerprint density at radius 1 is 1.55 bits per heavy atom. The highest BCUT2D eigenvalue weighted by molar-refractivity contribution is 9.10. The lowest BCUT2D eigenvalue weighted by Gasteiger charge is -2.04. The highest BCUT2D eigenvalue weighted by Crippen LogP contribution is 2.29. The zero-order chi connectivity index (χ0) is 8.27. The zero-order valence-corrected chi connectivity index (χ0v) is 7.27. The molecule has 0 radical (unpaired) electrons. The van der Waals surface area contributed by atoms with Crippen LogP contribution >= 0.6 is 15.9 Å². The van der Waals surface area contributed by atoms with Crippen LogP contribution in [-0.4, -0.2) is 6.86 Å². The topological polar surface area (TPSA) is 35.2 Å². The van der Waals surface area contributed by atoms with Crippen molar-refractivity contribution in [1.29, 1.82) is 0 Å². The molecule has 0 spiro atoms. The van der Waals surface area contributed by atoms with E-state index in [1.54, 1.807) is 18.2 Å². The second-order valence-electron chi connectivity index (χ2n) is 1.91. The van der Waals surface area contributed by atoms with Crippen LogP contribution in [0.1, 0.15) is 0 Å². The van der Waals surface area contributed by atoms with Crippen molar-refractivity contribution in [3.05, 3.63) is 22.7 Å². The molecule has 11 heavy (non-hydrogen) atoms. The number of anilines is 1. The Bertz CT molecular complexity index is 254. The predicted molar refractivity (Wildman–Crippen MR) is 45.2 cm³/mol. The van der Waals surface area contributed by atoms with Crippen molar-refractivity contribution in [3.8, 4) is 5.75 Å². The third-order valence-corrected chi connectivity index (χ3v) is 2.05. The molecule has 60 valence electrons. The fourth-order valence-corrected chi connectivity index (χ4v) is 1.08. The first-order valence-corrected chi connectivity index (χ1v) is 3.77. The first-order valence-electron chi connectivity index (χ1n) is 2.98. The van der Waals surface area contributed by atoms with E-state index in [1.165, 1.54) is 0 Å². The van der Waals surface area contributed by atoms with Crippen LogP contribution in [0.5, 0.6) is 5.75 Å². The third kappa shape index (κ3) is 1.83. The van der Waals surface area contributed by atoms with Crippen LogP contribution in [0.15, 0.2) is 22.7 Å². The first kappa shape index (κ1) is 8.33. The van der Waals surface area contributed by atoms with E-state index in [2.05, 4.69) is 20.7 Å². The molecule has 0 fully saturated rings. The van der Waals surface area contributed by atoms with E-state index in [0.717, 1.165) is 0 Å². The molecular formula is C7H7BrFNO. The fourth-order valence-electron chi connectivity index (χ4n) is 0.698. The van der Waals surface area contributed by atoms with E-state index in [-0.39, 0.29) is 0 Å².